The molecule has 23 heavy (non-hydrogen) atoms. The fourth-order valence-electron chi connectivity index (χ4n) is 1.92. The molecule has 7 heteroatoms. The van der Waals surface area contributed by atoms with Crippen molar-refractivity contribution in [3.8, 4) is 0 Å². The van der Waals surface area contributed by atoms with Crippen LogP contribution in [0.5, 0.6) is 0 Å². The fraction of sp³-hybridized carbons (Fsp3) is 0.438. The fourth-order valence-corrected chi connectivity index (χ4v) is 2.05. The molecule has 1 unspecified atom stereocenters. The van der Waals surface area contributed by atoms with Crippen LogP contribution >= 0.6 is 11.6 Å². The van der Waals surface area contributed by atoms with Crippen LogP contribution in [-0.2, 0) is 9.59 Å². The molecule has 0 bridgehead atoms. The SMILES string of the molecule is CC(C)CC(NC(=O)c1ccc(Cl)cc1)C(=O)N[C@H](C)C(=O)O. The maximum absolute atomic E-state index is 12.2. The van der Waals surface area contributed by atoms with Gasteiger partial charge in [0.1, 0.15) is 12.1 Å². The second kappa shape index (κ2) is 8.53. The average Bonchev–Trinajstić information content (AvgIpc) is 2.46. The number of halogens is 1. The van der Waals surface area contributed by atoms with Gasteiger partial charge in [0.05, 0.1) is 0 Å². The van der Waals surface area contributed by atoms with E-state index in [0.717, 1.165) is 0 Å². The van der Waals surface area contributed by atoms with Crippen molar-refractivity contribution in [2.45, 2.75) is 39.3 Å². The second-order valence-corrected chi connectivity index (χ2v) is 6.17. The summed E-state index contributed by atoms with van der Waals surface area (Å²) in [5, 5.41) is 14.4. The van der Waals surface area contributed by atoms with E-state index < -0.39 is 29.9 Å². The minimum absolute atomic E-state index is 0.149. The molecular weight excluding hydrogens is 320 g/mol. The molecule has 0 aliphatic rings. The van der Waals surface area contributed by atoms with Gasteiger partial charge >= 0.3 is 5.97 Å². The third-order valence-electron chi connectivity index (χ3n) is 3.16. The first-order valence-corrected chi connectivity index (χ1v) is 7.68. The summed E-state index contributed by atoms with van der Waals surface area (Å²) in [6.45, 7) is 5.19. The van der Waals surface area contributed by atoms with Crippen LogP contribution < -0.4 is 10.6 Å². The number of amides is 2. The number of carbonyl (C=O) groups is 3. The molecule has 1 aromatic rings. The molecule has 2 amide bonds. The Labute approximate surface area is 140 Å². The van der Waals surface area contributed by atoms with E-state index in [2.05, 4.69) is 10.6 Å². The smallest absolute Gasteiger partial charge is 0.325 e. The average molecular weight is 341 g/mol. The lowest BCUT2D eigenvalue weighted by atomic mass is 10.0. The third-order valence-corrected chi connectivity index (χ3v) is 3.42. The summed E-state index contributed by atoms with van der Waals surface area (Å²) in [4.78, 5) is 35.3. The number of hydrogen-bond donors (Lipinski definition) is 3. The predicted octanol–water partition coefficient (Wildman–Crippen LogP) is 2.07. The molecular formula is C16H21ClN2O4. The van der Waals surface area contributed by atoms with Gasteiger partial charge in [-0.1, -0.05) is 25.4 Å². The molecule has 0 saturated heterocycles. The highest BCUT2D eigenvalue weighted by atomic mass is 35.5. The number of hydrogen-bond acceptors (Lipinski definition) is 3. The van der Waals surface area contributed by atoms with E-state index in [1.165, 1.54) is 6.92 Å². The molecule has 0 radical (unpaired) electrons. The Kier molecular flexibility index (Phi) is 7.03. The highest BCUT2D eigenvalue weighted by Crippen LogP contribution is 2.11. The maximum atomic E-state index is 12.2. The molecule has 0 aliphatic carbocycles. The minimum atomic E-state index is -1.13. The minimum Gasteiger partial charge on any atom is -0.480 e. The monoisotopic (exact) mass is 340 g/mol. The Bertz CT molecular complexity index is 572. The highest BCUT2D eigenvalue weighted by molar-refractivity contribution is 6.30. The highest BCUT2D eigenvalue weighted by Gasteiger charge is 2.25. The molecule has 6 nitrogen and oxygen atoms in total. The summed E-state index contributed by atoms with van der Waals surface area (Å²) in [6, 6.07) is 4.45. The predicted molar refractivity (Wildman–Crippen MR) is 87.4 cm³/mol. The zero-order valence-corrected chi connectivity index (χ0v) is 14.1. The van der Waals surface area contributed by atoms with Gasteiger partial charge in [-0.15, -0.1) is 0 Å². The first kappa shape index (κ1) is 19.0. The largest absolute Gasteiger partial charge is 0.480 e. The van der Waals surface area contributed by atoms with Gasteiger partial charge < -0.3 is 15.7 Å². The van der Waals surface area contributed by atoms with Crippen LogP contribution in [0.4, 0.5) is 0 Å². The summed E-state index contributed by atoms with van der Waals surface area (Å²) in [5.74, 6) is -1.91. The standard InChI is InChI=1S/C16H21ClN2O4/c1-9(2)8-13(15(21)18-10(3)16(22)23)19-14(20)11-4-6-12(17)7-5-11/h4-7,9-10,13H,8H2,1-3H3,(H,18,21)(H,19,20)(H,22,23)/t10-,13?/m1/s1. The molecule has 1 rings (SSSR count). The van der Waals surface area contributed by atoms with E-state index in [1.807, 2.05) is 13.8 Å². The first-order chi connectivity index (χ1) is 10.7. The molecule has 0 heterocycles. The van der Waals surface area contributed by atoms with E-state index in [0.29, 0.717) is 17.0 Å². The van der Waals surface area contributed by atoms with Gasteiger partial charge in [0.2, 0.25) is 5.91 Å². The molecule has 126 valence electrons. The first-order valence-electron chi connectivity index (χ1n) is 7.30. The molecule has 2 atom stereocenters. The molecule has 3 N–H and O–H groups in total. The molecule has 0 aromatic heterocycles. The summed E-state index contributed by atoms with van der Waals surface area (Å²) in [5.41, 5.74) is 0.377. The van der Waals surface area contributed by atoms with Crippen LogP contribution in [0.3, 0.4) is 0 Å². The molecule has 0 aliphatic heterocycles. The van der Waals surface area contributed by atoms with Gasteiger partial charge in [0.15, 0.2) is 0 Å². The summed E-state index contributed by atoms with van der Waals surface area (Å²) in [6.07, 6.45) is 0.400. The van der Waals surface area contributed by atoms with E-state index >= 15 is 0 Å². The van der Waals surface area contributed by atoms with Crippen molar-refractivity contribution in [2.24, 2.45) is 5.92 Å². The summed E-state index contributed by atoms with van der Waals surface area (Å²) >= 11 is 5.78. The van der Waals surface area contributed by atoms with E-state index in [4.69, 9.17) is 16.7 Å². The van der Waals surface area contributed by atoms with Gasteiger partial charge in [0.25, 0.3) is 5.91 Å². The van der Waals surface area contributed by atoms with Crippen molar-refractivity contribution in [3.05, 3.63) is 34.9 Å². The van der Waals surface area contributed by atoms with Gasteiger partial charge in [-0.2, -0.15) is 0 Å². The topological polar surface area (TPSA) is 95.5 Å². The number of rotatable bonds is 7. The lowest BCUT2D eigenvalue weighted by Crippen LogP contribution is -2.51. The van der Waals surface area contributed by atoms with Crippen LogP contribution in [0.25, 0.3) is 0 Å². The number of carboxylic acid groups (broad SMARTS) is 1. The number of aliphatic carboxylic acids is 1. The van der Waals surface area contributed by atoms with E-state index in [1.54, 1.807) is 24.3 Å². The second-order valence-electron chi connectivity index (χ2n) is 5.73. The van der Waals surface area contributed by atoms with Crippen molar-refractivity contribution in [2.75, 3.05) is 0 Å². The Morgan fingerprint density at radius 2 is 1.65 bits per heavy atom. The Balaban J connectivity index is 2.81. The Hall–Kier alpha value is -2.08. The number of nitrogens with one attached hydrogen (secondary N) is 2. The summed E-state index contributed by atoms with van der Waals surface area (Å²) < 4.78 is 0. The van der Waals surface area contributed by atoms with Crippen LogP contribution in [0.2, 0.25) is 5.02 Å². The van der Waals surface area contributed by atoms with Gasteiger partial charge in [-0.3, -0.25) is 14.4 Å². The molecule has 0 fully saturated rings. The Morgan fingerprint density at radius 3 is 2.13 bits per heavy atom. The lowest BCUT2D eigenvalue weighted by Gasteiger charge is -2.21. The van der Waals surface area contributed by atoms with Gasteiger partial charge in [-0.25, -0.2) is 0 Å². The molecule has 0 saturated carbocycles. The van der Waals surface area contributed by atoms with Crippen molar-refractivity contribution < 1.29 is 19.5 Å². The van der Waals surface area contributed by atoms with E-state index in [-0.39, 0.29) is 5.92 Å². The van der Waals surface area contributed by atoms with Crippen molar-refractivity contribution in [3.63, 3.8) is 0 Å². The Morgan fingerprint density at radius 1 is 1.09 bits per heavy atom. The number of carboxylic acids is 1. The van der Waals surface area contributed by atoms with Crippen LogP contribution in [0.15, 0.2) is 24.3 Å². The zero-order valence-electron chi connectivity index (χ0n) is 13.3. The van der Waals surface area contributed by atoms with Crippen molar-refractivity contribution in [1.82, 2.24) is 10.6 Å². The van der Waals surface area contributed by atoms with Crippen molar-refractivity contribution >= 4 is 29.4 Å². The zero-order chi connectivity index (χ0) is 17.6. The lowest BCUT2D eigenvalue weighted by molar-refractivity contribution is -0.141. The van der Waals surface area contributed by atoms with Crippen LogP contribution in [0.1, 0.15) is 37.6 Å². The third kappa shape index (κ3) is 6.28. The normalized spacial score (nSPS) is 13.3. The van der Waals surface area contributed by atoms with Crippen molar-refractivity contribution in [1.29, 1.82) is 0 Å². The van der Waals surface area contributed by atoms with Gasteiger partial charge in [0, 0.05) is 10.6 Å². The number of benzene rings is 1. The molecule has 0 spiro atoms. The maximum Gasteiger partial charge on any atom is 0.325 e. The molecule has 1 aromatic carbocycles. The summed E-state index contributed by atoms with van der Waals surface area (Å²) in [7, 11) is 0. The van der Waals surface area contributed by atoms with Gasteiger partial charge in [-0.05, 0) is 43.5 Å². The van der Waals surface area contributed by atoms with Crippen LogP contribution in [-0.4, -0.2) is 35.0 Å². The quantitative estimate of drug-likeness (QED) is 0.708. The van der Waals surface area contributed by atoms with Crippen LogP contribution in [0, 0.1) is 5.92 Å². The number of carbonyl (C=O) groups excluding carboxylic acids is 2. The van der Waals surface area contributed by atoms with E-state index in [9.17, 15) is 14.4 Å².